The SMILES string of the molecule is CCn1ncnc1CN1CCC[C@@H](OCc2cccnc2)C1. The van der Waals surface area contributed by atoms with E-state index >= 15 is 0 Å². The van der Waals surface area contributed by atoms with Gasteiger partial charge in [0.05, 0.1) is 19.3 Å². The van der Waals surface area contributed by atoms with E-state index in [0.717, 1.165) is 50.4 Å². The summed E-state index contributed by atoms with van der Waals surface area (Å²) in [4.78, 5) is 10.9. The Morgan fingerprint density at radius 3 is 3.18 bits per heavy atom. The molecule has 0 N–H and O–H groups in total. The number of hydrogen-bond acceptors (Lipinski definition) is 5. The van der Waals surface area contributed by atoms with E-state index in [2.05, 4.69) is 33.0 Å². The molecule has 0 bridgehead atoms. The summed E-state index contributed by atoms with van der Waals surface area (Å²) in [5.74, 6) is 1.04. The first-order chi connectivity index (χ1) is 10.8. The highest BCUT2D eigenvalue weighted by atomic mass is 16.5. The maximum atomic E-state index is 6.05. The zero-order valence-corrected chi connectivity index (χ0v) is 13.1. The fourth-order valence-corrected chi connectivity index (χ4v) is 2.87. The maximum absolute atomic E-state index is 6.05. The molecule has 1 aliphatic heterocycles. The predicted molar refractivity (Wildman–Crippen MR) is 83.0 cm³/mol. The van der Waals surface area contributed by atoms with Gasteiger partial charge in [-0.1, -0.05) is 6.07 Å². The van der Waals surface area contributed by atoms with Crippen LogP contribution in [0.3, 0.4) is 0 Å². The van der Waals surface area contributed by atoms with Gasteiger partial charge in [0.15, 0.2) is 0 Å². The summed E-state index contributed by atoms with van der Waals surface area (Å²) >= 11 is 0. The molecule has 118 valence electrons. The van der Waals surface area contributed by atoms with Crippen molar-refractivity contribution >= 4 is 0 Å². The van der Waals surface area contributed by atoms with Gasteiger partial charge in [-0.15, -0.1) is 0 Å². The van der Waals surface area contributed by atoms with Crippen LogP contribution in [-0.2, 0) is 24.4 Å². The zero-order chi connectivity index (χ0) is 15.2. The molecule has 1 saturated heterocycles. The average Bonchev–Trinajstić information content (AvgIpc) is 3.01. The third-order valence-corrected chi connectivity index (χ3v) is 4.03. The summed E-state index contributed by atoms with van der Waals surface area (Å²) in [5.41, 5.74) is 1.13. The Bertz CT molecular complexity index is 571. The van der Waals surface area contributed by atoms with Crippen LogP contribution in [0.2, 0.25) is 0 Å². The number of pyridine rings is 1. The molecule has 22 heavy (non-hydrogen) atoms. The molecule has 1 aliphatic rings. The van der Waals surface area contributed by atoms with Gasteiger partial charge in [-0.05, 0) is 37.9 Å². The smallest absolute Gasteiger partial charge is 0.140 e. The van der Waals surface area contributed by atoms with Gasteiger partial charge in [0.1, 0.15) is 12.2 Å². The molecule has 2 aromatic rings. The minimum atomic E-state index is 0.284. The van der Waals surface area contributed by atoms with Crippen LogP contribution in [0.5, 0.6) is 0 Å². The third kappa shape index (κ3) is 3.90. The number of piperidine rings is 1. The molecular formula is C16H23N5O. The molecule has 0 radical (unpaired) electrons. The number of likely N-dealkylation sites (tertiary alicyclic amines) is 1. The molecule has 3 rings (SSSR count). The molecule has 1 fully saturated rings. The van der Waals surface area contributed by atoms with Gasteiger partial charge in [0, 0.05) is 25.5 Å². The standard InChI is InChI=1S/C16H23N5O/c1-2-21-16(18-13-19-21)11-20-8-4-6-15(10-20)22-12-14-5-3-7-17-9-14/h3,5,7,9,13,15H,2,4,6,8,10-12H2,1H3/t15-/m1/s1. The van der Waals surface area contributed by atoms with Crippen molar-refractivity contribution in [1.29, 1.82) is 0 Å². The summed E-state index contributed by atoms with van der Waals surface area (Å²) in [7, 11) is 0. The van der Waals surface area contributed by atoms with E-state index in [1.54, 1.807) is 12.5 Å². The Hall–Kier alpha value is -1.79. The van der Waals surface area contributed by atoms with Crippen LogP contribution in [0.1, 0.15) is 31.2 Å². The Balaban J connectivity index is 1.51. The monoisotopic (exact) mass is 301 g/mol. The molecule has 0 unspecified atom stereocenters. The van der Waals surface area contributed by atoms with Crippen LogP contribution in [-0.4, -0.2) is 43.8 Å². The molecule has 1 atom stereocenters. The molecule has 0 amide bonds. The van der Waals surface area contributed by atoms with Crippen LogP contribution in [0.4, 0.5) is 0 Å². The van der Waals surface area contributed by atoms with Crippen LogP contribution >= 0.6 is 0 Å². The Labute approximate surface area is 131 Å². The first-order valence-electron chi connectivity index (χ1n) is 7.94. The van der Waals surface area contributed by atoms with E-state index in [1.165, 1.54) is 0 Å². The second kappa shape index (κ2) is 7.47. The number of rotatable bonds is 6. The van der Waals surface area contributed by atoms with Gasteiger partial charge in [-0.2, -0.15) is 5.10 Å². The van der Waals surface area contributed by atoms with E-state index in [9.17, 15) is 0 Å². The fraction of sp³-hybridized carbons (Fsp3) is 0.562. The first-order valence-corrected chi connectivity index (χ1v) is 7.94. The van der Waals surface area contributed by atoms with Crippen molar-refractivity contribution in [3.63, 3.8) is 0 Å². The lowest BCUT2D eigenvalue weighted by atomic mass is 10.1. The number of hydrogen-bond donors (Lipinski definition) is 0. The molecule has 6 heteroatoms. The molecule has 6 nitrogen and oxygen atoms in total. The largest absolute Gasteiger partial charge is 0.372 e. The molecule has 3 heterocycles. The van der Waals surface area contributed by atoms with Gasteiger partial charge in [0.2, 0.25) is 0 Å². The lowest BCUT2D eigenvalue weighted by Gasteiger charge is -2.32. The van der Waals surface area contributed by atoms with Gasteiger partial charge in [0.25, 0.3) is 0 Å². The topological polar surface area (TPSA) is 56.1 Å². The molecule has 0 aliphatic carbocycles. The Morgan fingerprint density at radius 1 is 1.41 bits per heavy atom. The number of ether oxygens (including phenoxy) is 1. The van der Waals surface area contributed by atoms with Crippen LogP contribution in [0.15, 0.2) is 30.9 Å². The van der Waals surface area contributed by atoms with Crippen LogP contribution in [0, 0.1) is 0 Å². The minimum absolute atomic E-state index is 0.284. The fourth-order valence-electron chi connectivity index (χ4n) is 2.87. The summed E-state index contributed by atoms with van der Waals surface area (Å²) in [6.07, 6.45) is 7.86. The summed E-state index contributed by atoms with van der Waals surface area (Å²) in [5, 5.41) is 4.24. The van der Waals surface area contributed by atoms with E-state index < -0.39 is 0 Å². The van der Waals surface area contributed by atoms with Gasteiger partial charge in [-0.25, -0.2) is 9.67 Å². The van der Waals surface area contributed by atoms with Gasteiger partial charge < -0.3 is 4.74 Å². The predicted octanol–water partition coefficient (Wildman–Crippen LogP) is 1.87. The van der Waals surface area contributed by atoms with Crippen molar-refractivity contribution in [2.24, 2.45) is 0 Å². The third-order valence-electron chi connectivity index (χ3n) is 4.03. The van der Waals surface area contributed by atoms with Crippen molar-refractivity contribution in [3.8, 4) is 0 Å². The van der Waals surface area contributed by atoms with Crippen molar-refractivity contribution in [2.45, 2.75) is 45.6 Å². The quantitative estimate of drug-likeness (QED) is 0.815. The number of aryl methyl sites for hydroxylation is 1. The minimum Gasteiger partial charge on any atom is -0.372 e. The van der Waals surface area contributed by atoms with Crippen LogP contribution in [0.25, 0.3) is 0 Å². The molecular weight excluding hydrogens is 278 g/mol. The van der Waals surface area contributed by atoms with Gasteiger partial charge >= 0.3 is 0 Å². The van der Waals surface area contributed by atoms with E-state index in [0.29, 0.717) is 6.61 Å². The van der Waals surface area contributed by atoms with Crippen molar-refractivity contribution in [2.75, 3.05) is 13.1 Å². The zero-order valence-electron chi connectivity index (χ0n) is 13.1. The number of nitrogens with zero attached hydrogens (tertiary/aromatic N) is 5. The summed E-state index contributed by atoms with van der Waals surface area (Å²) < 4.78 is 8.01. The van der Waals surface area contributed by atoms with E-state index in [1.807, 2.05) is 16.9 Å². The van der Waals surface area contributed by atoms with Crippen molar-refractivity contribution in [1.82, 2.24) is 24.6 Å². The van der Waals surface area contributed by atoms with Crippen molar-refractivity contribution < 1.29 is 4.74 Å². The molecule has 0 aromatic carbocycles. The Morgan fingerprint density at radius 2 is 2.36 bits per heavy atom. The highest BCUT2D eigenvalue weighted by molar-refractivity contribution is 5.06. The highest BCUT2D eigenvalue weighted by Crippen LogP contribution is 2.16. The van der Waals surface area contributed by atoms with E-state index in [4.69, 9.17) is 4.74 Å². The van der Waals surface area contributed by atoms with Crippen LogP contribution < -0.4 is 0 Å². The maximum Gasteiger partial charge on any atom is 0.140 e. The molecule has 0 saturated carbocycles. The Kier molecular flexibility index (Phi) is 5.13. The second-order valence-corrected chi connectivity index (χ2v) is 5.66. The highest BCUT2D eigenvalue weighted by Gasteiger charge is 2.21. The first kappa shape index (κ1) is 15.1. The number of aromatic nitrogens is 4. The lowest BCUT2D eigenvalue weighted by molar-refractivity contribution is -0.0129. The summed E-state index contributed by atoms with van der Waals surface area (Å²) in [6, 6.07) is 4.00. The average molecular weight is 301 g/mol. The van der Waals surface area contributed by atoms with Gasteiger partial charge in [-0.3, -0.25) is 9.88 Å². The summed E-state index contributed by atoms with van der Waals surface area (Å²) in [6.45, 7) is 6.50. The lowest BCUT2D eigenvalue weighted by Crippen LogP contribution is -2.39. The van der Waals surface area contributed by atoms with Crippen molar-refractivity contribution in [3.05, 3.63) is 42.2 Å². The normalized spacial score (nSPS) is 19.4. The van der Waals surface area contributed by atoms with E-state index in [-0.39, 0.29) is 6.10 Å². The second-order valence-electron chi connectivity index (χ2n) is 5.66. The molecule has 0 spiro atoms. The molecule has 2 aromatic heterocycles.